The summed E-state index contributed by atoms with van der Waals surface area (Å²) in [6, 6.07) is 2.11. The van der Waals surface area contributed by atoms with Crippen molar-refractivity contribution < 1.29 is 9.53 Å². The van der Waals surface area contributed by atoms with Crippen molar-refractivity contribution in [3.8, 4) is 0 Å². The second-order valence-corrected chi connectivity index (χ2v) is 10.4. The Morgan fingerprint density at radius 2 is 2.10 bits per heavy atom. The summed E-state index contributed by atoms with van der Waals surface area (Å²) in [5, 5.41) is 7.42. The number of nitrogens with zero attached hydrogens (tertiary/aromatic N) is 3. The molecule has 158 valence electrons. The number of aryl methyl sites for hydroxylation is 1. The van der Waals surface area contributed by atoms with Crippen molar-refractivity contribution in [2.75, 3.05) is 38.2 Å². The second kappa shape index (κ2) is 8.58. The lowest BCUT2D eigenvalue weighted by Gasteiger charge is -2.33. The van der Waals surface area contributed by atoms with Crippen molar-refractivity contribution in [2.45, 2.75) is 46.6 Å². The van der Waals surface area contributed by atoms with Crippen LogP contribution in [0.2, 0.25) is 0 Å². The molecule has 6 nitrogen and oxygen atoms in total. The molecular formula is C22H32N4O2S. The Kier molecular flexibility index (Phi) is 6.08. The normalized spacial score (nSPS) is 20.4. The first-order valence-corrected chi connectivity index (χ1v) is 11.5. The van der Waals surface area contributed by atoms with E-state index < -0.39 is 0 Å². The van der Waals surface area contributed by atoms with Gasteiger partial charge >= 0.3 is 0 Å². The number of carbonyl (C=O) groups excluding carboxylic acids is 1. The van der Waals surface area contributed by atoms with Gasteiger partial charge in [-0.2, -0.15) is 5.10 Å². The van der Waals surface area contributed by atoms with Gasteiger partial charge in [0.25, 0.3) is 5.91 Å². The molecule has 29 heavy (non-hydrogen) atoms. The zero-order valence-electron chi connectivity index (χ0n) is 17.7. The SMILES string of the molecule is CC(C)(C)C1CCc2sc(C(=O)Nc3cnn(CCN4CCOCC4)c3)cc2C1. The average Bonchev–Trinajstić information content (AvgIpc) is 3.32. The van der Waals surface area contributed by atoms with Crippen LogP contribution in [-0.4, -0.2) is 53.4 Å². The van der Waals surface area contributed by atoms with Crippen LogP contribution in [0.4, 0.5) is 5.69 Å². The monoisotopic (exact) mass is 416 g/mol. The van der Waals surface area contributed by atoms with Crippen molar-refractivity contribution in [1.29, 1.82) is 0 Å². The van der Waals surface area contributed by atoms with E-state index in [1.165, 1.54) is 16.9 Å². The lowest BCUT2D eigenvalue weighted by molar-refractivity contribution is 0.0360. The van der Waals surface area contributed by atoms with Gasteiger partial charge < -0.3 is 10.1 Å². The summed E-state index contributed by atoms with van der Waals surface area (Å²) in [5.41, 5.74) is 2.45. The molecule has 4 rings (SSSR count). The van der Waals surface area contributed by atoms with Gasteiger partial charge in [-0.3, -0.25) is 14.4 Å². The Morgan fingerprint density at radius 3 is 2.86 bits per heavy atom. The molecule has 7 heteroatoms. The summed E-state index contributed by atoms with van der Waals surface area (Å²) >= 11 is 1.65. The van der Waals surface area contributed by atoms with Gasteiger partial charge in [0.2, 0.25) is 0 Å². The van der Waals surface area contributed by atoms with Gasteiger partial charge in [0.15, 0.2) is 0 Å². The third kappa shape index (κ3) is 5.08. The van der Waals surface area contributed by atoms with Crippen molar-refractivity contribution >= 4 is 22.9 Å². The number of hydrogen-bond donors (Lipinski definition) is 1. The molecule has 0 bridgehead atoms. The number of morpholine rings is 1. The molecule has 2 aromatic rings. The number of ether oxygens (including phenoxy) is 1. The van der Waals surface area contributed by atoms with E-state index in [0.29, 0.717) is 11.3 Å². The first kappa shape index (κ1) is 20.6. The number of carbonyl (C=O) groups is 1. The molecule has 1 aliphatic carbocycles. The molecule has 0 saturated carbocycles. The molecule has 1 unspecified atom stereocenters. The second-order valence-electron chi connectivity index (χ2n) is 9.27. The van der Waals surface area contributed by atoms with E-state index in [4.69, 9.17) is 4.74 Å². The zero-order valence-corrected chi connectivity index (χ0v) is 18.6. The van der Waals surface area contributed by atoms with Crippen LogP contribution in [0.15, 0.2) is 18.5 Å². The lowest BCUT2D eigenvalue weighted by atomic mass is 9.72. The zero-order chi connectivity index (χ0) is 20.4. The number of hydrogen-bond acceptors (Lipinski definition) is 5. The molecule has 1 N–H and O–H groups in total. The maximum absolute atomic E-state index is 12.8. The molecule has 1 fully saturated rings. The van der Waals surface area contributed by atoms with Gasteiger partial charge in [-0.05, 0) is 42.2 Å². The number of thiophene rings is 1. The van der Waals surface area contributed by atoms with E-state index in [2.05, 4.69) is 42.2 Å². The minimum atomic E-state index is -0.0237. The molecule has 0 radical (unpaired) electrons. The molecule has 1 saturated heterocycles. The van der Waals surface area contributed by atoms with Gasteiger partial charge in [-0.1, -0.05) is 20.8 Å². The van der Waals surface area contributed by atoms with E-state index in [9.17, 15) is 4.79 Å². The van der Waals surface area contributed by atoms with Gasteiger partial charge in [-0.25, -0.2) is 0 Å². The molecule has 1 aliphatic heterocycles. The number of anilines is 1. The first-order valence-electron chi connectivity index (χ1n) is 10.6. The Balaban J connectivity index is 1.33. The predicted molar refractivity (Wildman–Crippen MR) is 117 cm³/mol. The lowest BCUT2D eigenvalue weighted by Crippen LogP contribution is -2.38. The summed E-state index contributed by atoms with van der Waals surface area (Å²) in [4.78, 5) is 17.3. The molecule has 1 atom stereocenters. The largest absolute Gasteiger partial charge is 0.379 e. The van der Waals surface area contributed by atoms with Crippen LogP contribution in [0, 0.1) is 11.3 Å². The van der Waals surface area contributed by atoms with Crippen molar-refractivity contribution in [1.82, 2.24) is 14.7 Å². The van der Waals surface area contributed by atoms with Gasteiger partial charge in [-0.15, -0.1) is 11.3 Å². The summed E-state index contributed by atoms with van der Waals surface area (Å²) in [5.74, 6) is 0.662. The third-order valence-electron chi connectivity index (χ3n) is 6.17. The highest BCUT2D eigenvalue weighted by molar-refractivity contribution is 7.14. The fraction of sp³-hybridized carbons (Fsp3) is 0.636. The molecule has 3 heterocycles. The fourth-order valence-electron chi connectivity index (χ4n) is 4.19. The van der Waals surface area contributed by atoms with E-state index in [1.807, 2.05) is 10.9 Å². The maximum atomic E-state index is 12.8. The summed E-state index contributed by atoms with van der Waals surface area (Å²) < 4.78 is 7.28. The number of amides is 1. The predicted octanol–water partition coefficient (Wildman–Crippen LogP) is 3.68. The smallest absolute Gasteiger partial charge is 0.265 e. The van der Waals surface area contributed by atoms with E-state index >= 15 is 0 Å². The molecule has 0 spiro atoms. The van der Waals surface area contributed by atoms with Crippen molar-refractivity contribution in [2.24, 2.45) is 11.3 Å². The van der Waals surface area contributed by atoms with E-state index in [-0.39, 0.29) is 5.91 Å². The number of fused-ring (bicyclic) bond motifs is 1. The Labute approximate surface area is 177 Å². The van der Waals surface area contributed by atoms with Crippen molar-refractivity contribution in [3.05, 3.63) is 33.8 Å². The summed E-state index contributed by atoms with van der Waals surface area (Å²) in [6.45, 7) is 12.3. The topological polar surface area (TPSA) is 59.4 Å². The number of nitrogens with one attached hydrogen (secondary N) is 1. The minimum Gasteiger partial charge on any atom is -0.379 e. The van der Waals surface area contributed by atoms with Crippen LogP contribution in [-0.2, 0) is 24.1 Å². The third-order valence-corrected chi connectivity index (χ3v) is 7.41. The fourth-order valence-corrected chi connectivity index (χ4v) is 5.29. The molecular weight excluding hydrogens is 384 g/mol. The summed E-state index contributed by atoms with van der Waals surface area (Å²) in [7, 11) is 0. The number of rotatable bonds is 5. The van der Waals surface area contributed by atoms with Crippen molar-refractivity contribution in [3.63, 3.8) is 0 Å². The Morgan fingerprint density at radius 1 is 1.31 bits per heavy atom. The van der Waals surface area contributed by atoms with Crippen LogP contribution < -0.4 is 5.32 Å². The van der Waals surface area contributed by atoms with Crippen LogP contribution in [0.1, 0.15) is 47.3 Å². The molecule has 0 aromatic carbocycles. The highest BCUT2D eigenvalue weighted by Crippen LogP contribution is 2.40. The summed E-state index contributed by atoms with van der Waals surface area (Å²) in [6.07, 6.45) is 7.05. The van der Waals surface area contributed by atoms with Crippen LogP contribution >= 0.6 is 11.3 Å². The van der Waals surface area contributed by atoms with Crippen LogP contribution in [0.3, 0.4) is 0 Å². The van der Waals surface area contributed by atoms with Gasteiger partial charge in [0.1, 0.15) is 0 Å². The van der Waals surface area contributed by atoms with Crippen LogP contribution in [0.5, 0.6) is 0 Å². The maximum Gasteiger partial charge on any atom is 0.265 e. The average molecular weight is 417 g/mol. The number of aromatic nitrogens is 2. The first-order chi connectivity index (χ1) is 13.9. The van der Waals surface area contributed by atoms with E-state index in [0.717, 1.165) is 62.8 Å². The van der Waals surface area contributed by atoms with Crippen LogP contribution in [0.25, 0.3) is 0 Å². The Bertz CT molecular complexity index is 845. The molecule has 2 aliphatic rings. The quantitative estimate of drug-likeness (QED) is 0.808. The van der Waals surface area contributed by atoms with Gasteiger partial charge in [0, 0.05) is 30.7 Å². The standard InChI is InChI=1S/C22H32N4O2S/c1-22(2,3)17-4-5-19-16(12-17)13-20(29-19)21(27)24-18-14-23-26(15-18)7-6-25-8-10-28-11-9-25/h13-15,17H,4-12H2,1-3H3,(H,24,27). The van der Waals surface area contributed by atoms with E-state index in [1.54, 1.807) is 17.5 Å². The Hall–Kier alpha value is -1.70. The molecule has 1 amide bonds. The van der Waals surface area contributed by atoms with Gasteiger partial charge in [0.05, 0.1) is 36.5 Å². The highest BCUT2D eigenvalue weighted by atomic mass is 32.1. The molecule has 2 aromatic heterocycles. The minimum absolute atomic E-state index is 0.0237. The highest BCUT2D eigenvalue weighted by Gasteiger charge is 2.30.